The summed E-state index contributed by atoms with van der Waals surface area (Å²) in [6.07, 6.45) is 1.86. The van der Waals surface area contributed by atoms with Crippen molar-refractivity contribution in [3.05, 3.63) is 22.4 Å². The maximum Gasteiger partial charge on any atom is 0.249 e. The SMILES string of the molecule is CON(C)C(=O)C1CCN(Cc2cccs2)CC1. The van der Waals surface area contributed by atoms with Crippen molar-refractivity contribution in [3.63, 3.8) is 0 Å². The van der Waals surface area contributed by atoms with E-state index in [-0.39, 0.29) is 11.8 Å². The summed E-state index contributed by atoms with van der Waals surface area (Å²) in [5, 5.41) is 3.46. The van der Waals surface area contributed by atoms with Crippen molar-refractivity contribution in [3.8, 4) is 0 Å². The van der Waals surface area contributed by atoms with E-state index in [4.69, 9.17) is 4.84 Å². The van der Waals surface area contributed by atoms with E-state index >= 15 is 0 Å². The van der Waals surface area contributed by atoms with Crippen molar-refractivity contribution in [2.45, 2.75) is 19.4 Å². The summed E-state index contributed by atoms with van der Waals surface area (Å²) in [5.74, 6) is 0.225. The quantitative estimate of drug-likeness (QED) is 0.783. The van der Waals surface area contributed by atoms with Crippen LogP contribution in [0.1, 0.15) is 17.7 Å². The highest BCUT2D eigenvalue weighted by molar-refractivity contribution is 7.09. The van der Waals surface area contributed by atoms with Gasteiger partial charge in [-0.15, -0.1) is 11.3 Å². The van der Waals surface area contributed by atoms with E-state index < -0.39 is 0 Å². The Balaban J connectivity index is 1.79. The van der Waals surface area contributed by atoms with Gasteiger partial charge in [0.05, 0.1) is 7.11 Å². The summed E-state index contributed by atoms with van der Waals surface area (Å²) in [6.45, 7) is 3.00. The first kappa shape index (κ1) is 13.5. The van der Waals surface area contributed by atoms with Crippen molar-refractivity contribution in [2.75, 3.05) is 27.2 Å². The van der Waals surface area contributed by atoms with Gasteiger partial charge in [-0.2, -0.15) is 0 Å². The topological polar surface area (TPSA) is 32.8 Å². The number of nitrogens with zero attached hydrogens (tertiary/aromatic N) is 2. The molecule has 5 heteroatoms. The molecule has 0 atom stereocenters. The van der Waals surface area contributed by atoms with Gasteiger partial charge in [-0.25, -0.2) is 5.06 Å². The minimum absolute atomic E-state index is 0.105. The van der Waals surface area contributed by atoms with Crippen molar-refractivity contribution < 1.29 is 9.63 Å². The molecule has 1 aromatic heterocycles. The monoisotopic (exact) mass is 268 g/mol. The second-order valence-electron chi connectivity index (χ2n) is 4.65. The standard InChI is InChI=1S/C13H20N2O2S/c1-14(17-2)13(16)11-5-7-15(8-6-11)10-12-4-3-9-18-12/h3-4,9,11H,5-8,10H2,1-2H3. The molecule has 0 unspecified atom stereocenters. The molecule has 4 nitrogen and oxygen atoms in total. The fraction of sp³-hybridized carbons (Fsp3) is 0.615. The summed E-state index contributed by atoms with van der Waals surface area (Å²) >= 11 is 1.80. The highest BCUT2D eigenvalue weighted by Crippen LogP contribution is 2.22. The minimum atomic E-state index is 0.105. The van der Waals surface area contributed by atoms with Crippen LogP contribution in [-0.2, 0) is 16.2 Å². The van der Waals surface area contributed by atoms with E-state index in [9.17, 15) is 4.79 Å². The molecule has 100 valence electrons. The summed E-state index contributed by atoms with van der Waals surface area (Å²) in [6, 6.07) is 4.25. The van der Waals surface area contributed by atoms with Crippen LogP contribution < -0.4 is 0 Å². The largest absolute Gasteiger partial charge is 0.298 e. The van der Waals surface area contributed by atoms with E-state index in [0.717, 1.165) is 32.5 Å². The molecule has 1 aliphatic heterocycles. The zero-order valence-corrected chi connectivity index (χ0v) is 11.8. The molecule has 0 aliphatic carbocycles. The molecule has 18 heavy (non-hydrogen) atoms. The van der Waals surface area contributed by atoms with Crippen LogP contribution in [0.4, 0.5) is 0 Å². The first-order valence-electron chi connectivity index (χ1n) is 6.27. The van der Waals surface area contributed by atoms with Crippen LogP contribution in [0.2, 0.25) is 0 Å². The van der Waals surface area contributed by atoms with E-state index in [2.05, 4.69) is 22.4 Å². The Morgan fingerprint density at radius 3 is 2.83 bits per heavy atom. The van der Waals surface area contributed by atoms with Crippen molar-refractivity contribution in [1.82, 2.24) is 9.96 Å². The van der Waals surface area contributed by atoms with Gasteiger partial charge in [0.15, 0.2) is 0 Å². The predicted octanol–water partition coefficient (Wildman–Crippen LogP) is 1.98. The number of thiophene rings is 1. The number of rotatable bonds is 4. The molecule has 0 bridgehead atoms. The molecule has 1 aliphatic rings. The van der Waals surface area contributed by atoms with Gasteiger partial charge < -0.3 is 0 Å². The van der Waals surface area contributed by atoms with Crippen molar-refractivity contribution in [1.29, 1.82) is 0 Å². The number of hydrogen-bond acceptors (Lipinski definition) is 4. The third kappa shape index (κ3) is 3.31. The van der Waals surface area contributed by atoms with Gasteiger partial charge in [-0.3, -0.25) is 14.5 Å². The van der Waals surface area contributed by atoms with Gasteiger partial charge >= 0.3 is 0 Å². The molecule has 1 aromatic rings. The Bertz CT molecular complexity index is 372. The molecule has 2 heterocycles. The summed E-state index contributed by atoms with van der Waals surface area (Å²) in [4.78, 5) is 20.7. The first-order valence-corrected chi connectivity index (χ1v) is 7.15. The van der Waals surface area contributed by atoms with E-state index in [1.807, 2.05) is 0 Å². The fourth-order valence-electron chi connectivity index (χ4n) is 2.31. The Morgan fingerprint density at radius 1 is 1.56 bits per heavy atom. The van der Waals surface area contributed by atoms with E-state index in [1.165, 1.54) is 17.1 Å². The van der Waals surface area contributed by atoms with Gasteiger partial charge in [0.2, 0.25) is 5.91 Å². The maximum atomic E-state index is 11.9. The average Bonchev–Trinajstić information content (AvgIpc) is 2.91. The van der Waals surface area contributed by atoms with Gasteiger partial charge in [-0.1, -0.05) is 6.07 Å². The summed E-state index contributed by atoms with van der Waals surface area (Å²) < 4.78 is 0. The third-order valence-corrected chi connectivity index (χ3v) is 4.34. The van der Waals surface area contributed by atoms with E-state index in [0.29, 0.717) is 0 Å². The number of amides is 1. The van der Waals surface area contributed by atoms with Gasteiger partial charge in [0.1, 0.15) is 0 Å². The van der Waals surface area contributed by atoms with Crippen LogP contribution >= 0.6 is 11.3 Å². The highest BCUT2D eigenvalue weighted by Gasteiger charge is 2.27. The molecule has 2 rings (SSSR count). The Labute approximate surface area is 112 Å². The second kappa shape index (κ2) is 6.31. The van der Waals surface area contributed by atoms with Crippen LogP contribution in [0, 0.1) is 5.92 Å². The molecular formula is C13H20N2O2S. The van der Waals surface area contributed by atoms with Crippen LogP contribution in [0.25, 0.3) is 0 Å². The number of carbonyl (C=O) groups excluding carboxylic acids is 1. The molecule has 0 N–H and O–H groups in total. The smallest absolute Gasteiger partial charge is 0.249 e. The zero-order valence-electron chi connectivity index (χ0n) is 11.0. The average molecular weight is 268 g/mol. The Kier molecular flexibility index (Phi) is 4.74. The van der Waals surface area contributed by atoms with Crippen LogP contribution in [0.5, 0.6) is 0 Å². The van der Waals surface area contributed by atoms with Crippen LogP contribution in [-0.4, -0.2) is 43.1 Å². The normalized spacial score (nSPS) is 17.9. The van der Waals surface area contributed by atoms with Crippen LogP contribution in [0.15, 0.2) is 17.5 Å². The Morgan fingerprint density at radius 2 is 2.28 bits per heavy atom. The molecule has 0 saturated carbocycles. The van der Waals surface area contributed by atoms with Gasteiger partial charge in [0.25, 0.3) is 0 Å². The molecule has 1 amide bonds. The maximum absolute atomic E-state index is 11.9. The first-order chi connectivity index (χ1) is 8.70. The summed E-state index contributed by atoms with van der Waals surface area (Å²) in [5.41, 5.74) is 0. The second-order valence-corrected chi connectivity index (χ2v) is 5.68. The number of hydrogen-bond donors (Lipinski definition) is 0. The lowest BCUT2D eigenvalue weighted by Gasteiger charge is -2.32. The molecule has 1 saturated heterocycles. The third-order valence-electron chi connectivity index (χ3n) is 3.48. The summed E-state index contributed by atoms with van der Waals surface area (Å²) in [7, 11) is 3.21. The van der Waals surface area contributed by atoms with Gasteiger partial charge in [0, 0.05) is 24.4 Å². The van der Waals surface area contributed by atoms with Crippen LogP contribution in [0.3, 0.4) is 0 Å². The lowest BCUT2D eigenvalue weighted by Crippen LogP contribution is -2.40. The highest BCUT2D eigenvalue weighted by atomic mass is 32.1. The molecule has 0 radical (unpaired) electrons. The fourth-order valence-corrected chi connectivity index (χ4v) is 3.05. The number of likely N-dealkylation sites (tertiary alicyclic amines) is 1. The predicted molar refractivity (Wildman–Crippen MR) is 72.1 cm³/mol. The lowest BCUT2D eigenvalue weighted by molar-refractivity contribution is -0.174. The molecule has 1 fully saturated rings. The Hall–Kier alpha value is -0.910. The van der Waals surface area contributed by atoms with Gasteiger partial charge in [-0.05, 0) is 37.4 Å². The molecular weight excluding hydrogens is 248 g/mol. The van der Waals surface area contributed by atoms with Crippen molar-refractivity contribution in [2.24, 2.45) is 5.92 Å². The number of hydroxylamine groups is 2. The number of piperidine rings is 1. The minimum Gasteiger partial charge on any atom is -0.298 e. The lowest BCUT2D eigenvalue weighted by atomic mass is 9.96. The number of carbonyl (C=O) groups is 1. The molecule has 0 aromatic carbocycles. The van der Waals surface area contributed by atoms with E-state index in [1.54, 1.807) is 18.4 Å². The van der Waals surface area contributed by atoms with Crippen molar-refractivity contribution >= 4 is 17.2 Å². The zero-order chi connectivity index (χ0) is 13.0. The molecule has 0 spiro atoms.